The van der Waals surface area contributed by atoms with Gasteiger partial charge in [0, 0.05) is 19.1 Å². The van der Waals surface area contributed by atoms with Crippen LogP contribution in [0.2, 0.25) is 0 Å². The van der Waals surface area contributed by atoms with Crippen molar-refractivity contribution in [1.82, 2.24) is 10.2 Å². The molecule has 0 aromatic heterocycles. The third-order valence-corrected chi connectivity index (χ3v) is 3.88. The Kier molecular flexibility index (Phi) is 6.63. The molecule has 1 heterocycles. The zero-order chi connectivity index (χ0) is 18.4. The van der Waals surface area contributed by atoms with E-state index in [1.54, 1.807) is 11.8 Å². The van der Waals surface area contributed by atoms with Gasteiger partial charge in [-0.25, -0.2) is 18.0 Å². The van der Waals surface area contributed by atoms with Gasteiger partial charge in [0.25, 0.3) is 0 Å². The molecule has 0 radical (unpaired) electrons. The Morgan fingerprint density at radius 3 is 2.52 bits per heavy atom. The van der Waals surface area contributed by atoms with Crippen LogP contribution in [-0.4, -0.2) is 49.2 Å². The molecule has 6 nitrogen and oxygen atoms in total. The highest BCUT2D eigenvalue weighted by Gasteiger charge is 2.23. The number of carbonyl (C=O) groups is 2. The van der Waals surface area contributed by atoms with Gasteiger partial charge in [-0.1, -0.05) is 0 Å². The fourth-order valence-electron chi connectivity index (χ4n) is 2.53. The lowest BCUT2D eigenvalue weighted by Gasteiger charge is -2.31. The standard InChI is InChI=1S/C16H20F3N3O3/c1-2-25-16(24)22-7-5-10(6-8-22)20-9-13(23)21-12-4-3-11(17)14(18)15(12)19/h3-4,10,20H,2,5-9H2,1H3,(H,21,23). The van der Waals surface area contributed by atoms with Crippen LogP contribution in [0.3, 0.4) is 0 Å². The molecule has 138 valence electrons. The summed E-state index contributed by atoms with van der Waals surface area (Å²) in [7, 11) is 0. The summed E-state index contributed by atoms with van der Waals surface area (Å²) < 4.78 is 44.4. The Hall–Kier alpha value is -2.29. The maximum atomic E-state index is 13.5. The summed E-state index contributed by atoms with van der Waals surface area (Å²) in [6.07, 6.45) is 0.935. The Bertz CT molecular complexity index is 635. The third kappa shape index (κ3) is 5.09. The average molecular weight is 359 g/mol. The molecule has 0 bridgehead atoms. The first-order valence-electron chi connectivity index (χ1n) is 8.00. The molecule has 25 heavy (non-hydrogen) atoms. The van der Waals surface area contributed by atoms with Gasteiger partial charge < -0.3 is 20.3 Å². The molecule has 1 aromatic carbocycles. The molecule has 0 saturated carbocycles. The number of likely N-dealkylation sites (tertiary alicyclic amines) is 1. The Morgan fingerprint density at radius 1 is 1.20 bits per heavy atom. The van der Waals surface area contributed by atoms with Gasteiger partial charge in [0.05, 0.1) is 18.8 Å². The SMILES string of the molecule is CCOC(=O)N1CCC(NCC(=O)Nc2ccc(F)c(F)c2F)CC1. The molecule has 0 unspecified atom stereocenters. The molecule has 1 saturated heterocycles. The predicted molar refractivity (Wildman–Crippen MR) is 84.6 cm³/mol. The first kappa shape index (κ1) is 19.0. The van der Waals surface area contributed by atoms with E-state index >= 15 is 0 Å². The second kappa shape index (κ2) is 8.70. The maximum absolute atomic E-state index is 13.5. The zero-order valence-corrected chi connectivity index (χ0v) is 13.8. The van der Waals surface area contributed by atoms with E-state index < -0.39 is 29.0 Å². The highest BCUT2D eigenvalue weighted by Crippen LogP contribution is 2.19. The Balaban J connectivity index is 1.76. The van der Waals surface area contributed by atoms with E-state index in [1.807, 2.05) is 0 Å². The lowest BCUT2D eigenvalue weighted by molar-refractivity contribution is -0.115. The summed E-state index contributed by atoms with van der Waals surface area (Å²) >= 11 is 0. The zero-order valence-electron chi connectivity index (χ0n) is 13.8. The number of halogens is 3. The van der Waals surface area contributed by atoms with Crippen molar-refractivity contribution in [2.24, 2.45) is 0 Å². The molecule has 2 rings (SSSR count). The fraction of sp³-hybridized carbons (Fsp3) is 0.500. The Morgan fingerprint density at radius 2 is 1.88 bits per heavy atom. The van der Waals surface area contributed by atoms with E-state index in [9.17, 15) is 22.8 Å². The van der Waals surface area contributed by atoms with Gasteiger partial charge in [0.2, 0.25) is 5.91 Å². The van der Waals surface area contributed by atoms with Crippen molar-refractivity contribution in [1.29, 1.82) is 0 Å². The molecule has 0 aliphatic carbocycles. The van der Waals surface area contributed by atoms with Gasteiger partial charge in [-0.3, -0.25) is 4.79 Å². The first-order valence-corrected chi connectivity index (χ1v) is 8.00. The summed E-state index contributed by atoms with van der Waals surface area (Å²) in [6, 6.07) is 1.72. The summed E-state index contributed by atoms with van der Waals surface area (Å²) in [5, 5.41) is 5.19. The molecule has 2 amide bonds. The predicted octanol–water partition coefficient (Wildman–Crippen LogP) is 2.25. The van der Waals surface area contributed by atoms with E-state index in [-0.39, 0.29) is 18.7 Å². The van der Waals surface area contributed by atoms with E-state index in [4.69, 9.17) is 4.74 Å². The van der Waals surface area contributed by atoms with E-state index in [2.05, 4.69) is 10.6 Å². The van der Waals surface area contributed by atoms with E-state index in [0.717, 1.165) is 12.1 Å². The van der Waals surface area contributed by atoms with Crippen molar-refractivity contribution in [3.63, 3.8) is 0 Å². The number of nitrogens with one attached hydrogen (secondary N) is 2. The van der Waals surface area contributed by atoms with Crippen LogP contribution < -0.4 is 10.6 Å². The summed E-state index contributed by atoms with van der Waals surface area (Å²) in [6.45, 7) is 2.96. The number of ether oxygens (including phenoxy) is 1. The molecular weight excluding hydrogens is 339 g/mol. The molecule has 0 atom stereocenters. The minimum atomic E-state index is -1.63. The van der Waals surface area contributed by atoms with Gasteiger partial charge in [-0.05, 0) is 31.9 Å². The van der Waals surface area contributed by atoms with Crippen LogP contribution >= 0.6 is 0 Å². The Labute approximate surface area is 143 Å². The summed E-state index contributed by atoms with van der Waals surface area (Å²) in [5.41, 5.74) is -0.414. The number of amides is 2. The fourth-order valence-corrected chi connectivity index (χ4v) is 2.53. The van der Waals surface area contributed by atoms with Crippen molar-refractivity contribution in [3.05, 3.63) is 29.6 Å². The van der Waals surface area contributed by atoms with Crippen LogP contribution in [0.4, 0.5) is 23.7 Å². The van der Waals surface area contributed by atoms with Crippen molar-refractivity contribution in [2.45, 2.75) is 25.8 Å². The number of hydrogen-bond acceptors (Lipinski definition) is 4. The minimum Gasteiger partial charge on any atom is -0.450 e. The molecule has 2 N–H and O–H groups in total. The van der Waals surface area contributed by atoms with Crippen LogP contribution in [0.1, 0.15) is 19.8 Å². The maximum Gasteiger partial charge on any atom is 0.409 e. The van der Waals surface area contributed by atoms with Gasteiger partial charge in [-0.15, -0.1) is 0 Å². The number of nitrogens with zero attached hydrogens (tertiary/aromatic N) is 1. The van der Waals surface area contributed by atoms with E-state index in [0.29, 0.717) is 32.5 Å². The average Bonchev–Trinajstić information content (AvgIpc) is 2.61. The number of piperidine rings is 1. The first-order chi connectivity index (χ1) is 11.9. The second-order valence-corrected chi connectivity index (χ2v) is 5.61. The number of rotatable bonds is 5. The quantitative estimate of drug-likeness (QED) is 0.791. The lowest BCUT2D eigenvalue weighted by Crippen LogP contribution is -2.46. The molecule has 0 spiro atoms. The smallest absolute Gasteiger partial charge is 0.409 e. The van der Waals surface area contributed by atoms with Crippen molar-refractivity contribution < 1.29 is 27.5 Å². The number of anilines is 1. The second-order valence-electron chi connectivity index (χ2n) is 5.61. The van der Waals surface area contributed by atoms with Crippen molar-refractivity contribution >= 4 is 17.7 Å². The molecule has 1 aliphatic heterocycles. The van der Waals surface area contributed by atoms with Crippen LogP contribution in [0.15, 0.2) is 12.1 Å². The van der Waals surface area contributed by atoms with Gasteiger partial charge in [0.15, 0.2) is 17.5 Å². The molecule has 1 fully saturated rings. The van der Waals surface area contributed by atoms with Gasteiger partial charge in [0.1, 0.15) is 0 Å². The number of hydrogen-bond donors (Lipinski definition) is 2. The van der Waals surface area contributed by atoms with Crippen LogP contribution in [-0.2, 0) is 9.53 Å². The van der Waals surface area contributed by atoms with Gasteiger partial charge >= 0.3 is 6.09 Å². The van der Waals surface area contributed by atoms with Gasteiger partial charge in [-0.2, -0.15) is 0 Å². The number of carbonyl (C=O) groups excluding carboxylic acids is 2. The molecular formula is C16H20F3N3O3. The third-order valence-electron chi connectivity index (χ3n) is 3.88. The largest absolute Gasteiger partial charge is 0.450 e. The summed E-state index contributed by atoms with van der Waals surface area (Å²) in [4.78, 5) is 25.0. The molecule has 1 aliphatic rings. The number of benzene rings is 1. The summed E-state index contributed by atoms with van der Waals surface area (Å²) in [5.74, 6) is -4.95. The molecule has 1 aromatic rings. The van der Waals surface area contributed by atoms with Crippen molar-refractivity contribution in [3.8, 4) is 0 Å². The topological polar surface area (TPSA) is 70.7 Å². The molecule has 9 heteroatoms. The van der Waals surface area contributed by atoms with Crippen LogP contribution in [0.5, 0.6) is 0 Å². The minimum absolute atomic E-state index is 0.0197. The van der Waals surface area contributed by atoms with Crippen LogP contribution in [0, 0.1) is 17.5 Å². The van der Waals surface area contributed by atoms with Crippen molar-refractivity contribution in [2.75, 3.05) is 31.6 Å². The highest BCUT2D eigenvalue weighted by molar-refractivity contribution is 5.92. The van der Waals surface area contributed by atoms with E-state index in [1.165, 1.54) is 0 Å². The van der Waals surface area contributed by atoms with Crippen LogP contribution in [0.25, 0.3) is 0 Å². The normalized spacial score (nSPS) is 15.1. The monoisotopic (exact) mass is 359 g/mol. The lowest BCUT2D eigenvalue weighted by atomic mass is 10.1. The highest BCUT2D eigenvalue weighted by atomic mass is 19.2.